The molecule has 1 aromatic heterocycles. The first-order chi connectivity index (χ1) is 11.7. The second kappa shape index (κ2) is 7.17. The molecule has 2 heterocycles. The van der Waals surface area contributed by atoms with E-state index < -0.39 is 5.60 Å². The molecule has 1 aromatic carbocycles. The van der Waals surface area contributed by atoms with Gasteiger partial charge in [0.1, 0.15) is 5.60 Å². The second-order valence-corrected chi connectivity index (χ2v) is 8.50. The van der Waals surface area contributed by atoms with Crippen LogP contribution in [0.25, 0.3) is 10.9 Å². The third-order valence-electron chi connectivity index (χ3n) is 3.97. The molecule has 0 aliphatic carbocycles. The van der Waals surface area contributed by atoms with E-state index in [1.165, 1.54) is 0 Å². The van der Waals surface area contributed by atoms with Crippen molar-refractivity contribution in [2.24, 2.45) is 0 Å². The largest absolute Gasteiger partial charge is 0.444 e. The van der Waals surface area contributed by atoms with Crippen LogP contribution in [0, 0.1) is 0 Å². The zero-order valence-electron chi connectivity index (χ0n) is 14.6. The van der Waals surface area contributed by atoms with Crippen molar-refractivity contribution >= 4 is 44.5 Å². The van der Waals surface area contributed by atoms with Crippen molar-refractivity contribution in [3.05, 3.63) is 33.9 Å². The molecule has 5 nitrogen and oxygen atoms in total. The maximum atomic E-state index is 12.3. The van der Waals surface area contributed by atoms with Crippen molar-refractivity contribution in [3.8, 4) is 0 Å². The first-order valence-electron chi connectivity index (χ1n) is 8.26. The average molecular weight is 430 g/mol. The van der Waals surface area contributed by atoms with Gasteiger partial charge >= 0.3 is 6.09 Å². The van der Waals surface area contributed by atoms with E-state index in [1.807, 2.05) is 45.2 Å². The normalized spacial score (nSPS) is 18.6. The zero-order chi connectivity index (χ0) is 18.2. The molecule has 3 rings (SSSR count). The van der Waals surface area contributed by atoms with Crippen LogP contribution in [0.3, 0.4) is 0 Å². The number of fused-ring (bicyclic) bond motifs is 1. The maximum Gasteiger partial charge on any atom is 0.410 e. The molecule has 25 heavy (non-hydrogen) atoms. The summed E-state index contributed by atoms with van der Waals surface area (Å²) < 4.78 is 14.4. The van der Waals surface area contributed by atoms with Crippen molar-refractivity contribution in [1.29, 1.82) is 0 Å². The number of benzene rings is 1. The number of rotatable bonds is 2. The molecule has 2 aromatic rings. The highest BCUT2D eigenvalue weighted by molar-refractivity contribution is 9.10. The monoisotopic (exact) mass is 428 g/mol. The maximum absolute atomic E-state index is 12.3. The van der Waals surface area contributed by atoms with Crippen LogP contribution in [0.15, 0.2) is 28.9 Å². The van der Waals surface area contributed by atoms with Crippen LogP contribution in [0.2, 0.25) is 5.02 Å². The molecular formula is C18H22BrClN2O3. The molecule has 7 heteroatoms. The van der Waals surface area contributed by atoms with E-state index in [9.17, 15) is 4.79 Å². The van der Waals surface area contributed by atoms with Crippen molar-refractivity contribution in [2.45, 2.75) is 39.0 Å². The number of hydrogen-bond acceptors (Lipinski definition) is 3. The van der Waals surface area contributed by atoms with E-state index in [2.05, 4.69) is 20.5 Å². The molecule has 0 spiro atoms. The summed E-state index contributed by atoms with van der Waals surface area (Å²) in [4.78, 5) is 14.0. The van der Waals surface area contributed by atoms with Crippen molar-refractivity contribution in [1.82, 2.24) is 9.47 Å². The summed E-state index contributed by atoms with van der Waals surface area (Å²) in [6, 6.07) is 5.85. The third-order valence-corrected chi connectivity index (χ3v) is 4.79. The standard InChI is InChI=1S/C18H22BrClN2O3/c1-18(2,3)25-17(23)22-6-7-24-14(11-22)10-21-5-4-12-8-13(20)9-15(19)16(12)21/h4-5,8-9,14H,6-7,10-11H2,1-3H3/t14-/m1/s1. The molecule has 1 atom stereocenters. The van der Waals surface area contributed by atoms with Crippen molar-refractivity contribution < 1.29 is 14.3 Å². The van der Waals surface area contributed by atoms with Gasteiger partial charge in [-0.1, -0.05) is 11.6 Å². The fourth-order valence-corrected chi connectivity index (χ4v) is 4.02. The zero-order valence-corrected chi connectivity index (χ0v) is 16.9. The Morgan fingerprint density at radius 3 is 2.92 bits per heavy atom. The first kappa shape index (κ1) is 18.5. The minimum absolute atomic E-state index is 0.0838. The molecule has 1 saturated heterocycles. The Balaban J connectivity index is 1.72. The first-order valence-corrected chi connectivity index (χ1v) is 9.43. The minimum Gasteiger partial charge on any atom is -0.444 e. The van der Waals surface area contributed by atoms with Crippen LogP contribution in [0.5, 0.6) is 0 Å². The fraction of sp³-hybridized carbons (Fsp3) is 0.500. The number of aromatic nitrogens is 1. The fourth-order valence-electron chi connectivity index (χ4n) is 2.95. The molecule has 136 valence electrons. The van der Waals surface area contributed by atoms with E-state index in [0.717, 1.165) is 15.4 Å². The summed E-state index contributed by atoms with van der Waals surface area (Å²) in [6.07, 6.45) is 1.65. The van der Waals surface area contributed by atoms with Gasteiger partial charge in [0.05, 0.1) is 31.3 Å². The van der Waals surface area contributed by atoms with E-state index >= 15 is 0 Å². The van der Waals surface area contributed by atoms with E-state index in [4.69, 9.17) is 21.1 Å². The molecule has 0 unspecified atom stereocenters. The number of halogens is 2. The van der Waals surface area contributed by atoms with Gasteiger partial charge in [0.15, 0.2) is 0 Å². The topological polar surface area (TPSA) is 43.7 Å². The summed E-state index contributed by atoms with van der Waals surface area (Å²) in [5, 5.41) is 1.77. The number of carbonyl (C=O) groups is 1. The van der Waals surface area contributed by atoms with Gasteiger partial charge < -0.3 is 18.9 Å². The molecule has 1 aliphatic heterocycles. The Morgan fingerprint density at radius 1 is 1.44 bits per heavy atom. The minimum atomic E-state index is -0.494. The van der Waals surface area contributed by atoms with Gasteiger partial charge in [-0.2, -0.15) is 0 Å². The summed E-state index contributed by atoms with van der Waals surface area (Å²) in [7, 11) is 0. The molecule has 1 amide bonds. The molecule has 0 N–H and O–H groups in total. The van der Waals surface area contributed by atoms with Gasteiger partial charge in [-0.15, -0.1) is 0 Å². The average Bonchev–Trinajstić information content (AvgIpc) is 2.88. The Hall–Kier alpha value is -1.24. The van der Waals surface area contributed by atoms with Crippen LogP contribution < -0.4 is 0 Å². The highest BCUT2D eigenvalue weighted by atomic mass is 79.9. The van der Waals surface area contributed by atoms with Gasteiger partial charge in [0.2, 0.25) is 0 Å². The lowest BCUT2D eigenvalue weighted by atomic mass is 10.2. The lowest BCUT2D eigenvalue weighted by Gasteiger charge is -2.34. The number of ether oxygens (including phenoxy) is 2. The Kier molecular flexibility index (Phi) is 5.32. The van der Waals surface area contributed by atoms with Gasteiger partial charge in [-0.25, -0.2) is 4.79 Å². The van der Waals surface area contributed by atoms with E-state index in [1.54, 1.807) is 4.90 Å². The van der Waals surface area contributed by atoms with Crippen LogP contribution in [0.4, 0.5) is 4.79 Å². The van der Waals surface area contributed by atoms with E-state index in [-0.39, 0.29) is 12.2 Å². The molecular weight excluding hydrogens is 408 g/mol. The number of morpholine rings is 1. The van der Waals surface area contributed by atoms with Gasteiger partial charge in [0.25, 0.3) is 0 Å². The number of carbonyl (C=O) groups excluding carboxylic acids is 1. The molecule has 1 fully saturated rings. The lowest BCUT2D eigenvalue weighted by Crippen LogP contribution is -2.48. The molecule has 0 bridgehead atoms. The Bertz CT molecular complexity index is 784. The highest BCUT2D eigenvalue weighted by Gasteiger charge is 2.28. The summed E-state index contributed by atoms with van der Waals surface area (Å²) in [5.74, 6) is 0. The Labute approximate surface area is 160 Å². The third kappa shape index (κ3) is 4.49. The SMILES string of the molecule is CC(C)(C)OC(=O)N1CCO[C@H](Cn2ccc3cc(Cl)cc(Br)c32)C1. The van der Waals surface area contributed by atoms with Crippen molar-refractivity contribution in [3.63, 3.8) is 0 Å². The van der Waals surface area contributed by atoms with Crippen LogP contribution in [-0.2, 0) is 16.0 Å². The van der Waals surface area contributed by atoms with Crippen LogP contribution in [0.1, 0.15) is 20.8 Å². The predicted octanol–water partition coefficient (Wildman–Crippen LogP) is 4.69. The number of amides is 1. The smallest absolute Gasteiger partial charge is 0.410 e. The van der Waals surface area contributed by atoms with Gasteiger partial charge in [0, 0.05) is 27.6 Å². The number of hydrogen-bond donors (Lipinski definition) is 0. The quantitative estimate of drug-likeness (QED) is 0.695. The summed E-state index contributed by atoms with van der Waals surface area (Å²) in [6.45, 7) is 7.85. The van der Waals surface area contributed by atoms with Crippen LogP contribution >= 0.6 is 27.5 Å². The number of nitrogens with zero attached hydrogens (tertiary/aromatic N) is 2. The second-order valence-electron chi connectivity index (χ2n) is 7.21. The van der Waals surface area contributed by atoms with Crippen LogP contribution in [-0.4, -0.2) is 47.0 Å². The van der Waals surface area contributed by atoms with E-state index in [0.29, 0.717) is 31.3 Å². The Morgan fingerprint density at radius 2 is 2.20 bits per heavy atom. The highest BCUT2D eigenvalue weighted by Crippen LogP contribution is 2.29. The summed E-state index contributed by atoms with van der Waals surface area (Å²) in [5.41, 5.74) is 0.577. The molecule has 0 saturated carbocycles. The van der Waals surface area contributed by atoms with Crippen molar-refractivity contribution in [2.75, 3.05) is 19.7 Å². The van der Waals surface area contributed by atoms with Gasteiger partial charge in [-0.3, -0.25) is 0 Å². The molecule has 1 aliphatic rings. The van der Waals surface area contributed by atoms with Gasteiger partial charge in [-0.05, 0) is 54.9 Å². The summed E-state index contributed by atoms with van der Waals surface area (Å²) >= 11 is 9.69. The molecule has 0 radical (unpaired) electrons. The predicted molar refractivity (Wildman–Crippen MR) is 102 cm³/mol. The lowest BCUT2D eigenvalue weighted by molar-refractivity contribution is -0.0469.